The Labute approximate surface area is 124 Å². The Hall–Kier alpha value is -1.14. The first-order valence-electron chi connectivity index (χ1n) is 5.75. The molecule has 0 saturated heterocycles. The number of halogens is 1. The van der Waals surface area contributed by atoms with Gasteiger partial charge in [-0.1, -0.05) is 35.9 Å². The van der Waals surface area contributed by atoms with Gasteiger partial charge in [0, 0.05) is 0 Å². The summed E-state index contributed by atoms with van der Waals surface area (Å²) in [6.07, 6.45) is 0. The minimum absolute atomic E-state index is 0.353. The monoisotopic (exact) mass is 385 g/mol. The van der Waals surface area contributed by atoms with Crippen LogP contribution in [0.5, 0.6) is 0 Å². The highest BCUT2D eigenvalue weighted by molar-refractivity contribution is 7.94. The zero-order valence-electron chi connectivity index (χ0n) is 10.5. The summed E-state index contributed by atoms with van der Waals surface area (Å²) in [5.74, 6) is 0. The lowest BCUT2D eigenvalue weighted by atomic mass is 10.2. The summed E-state index contributed by atoms with van der Waals surface area (Å²) >= 11 is -0.397. The fourth-order valence-corrected chi connectivity index (χ4v) is 5.17. The molecule has 0 spiro atoms. The quantitative estimate of drug-likeness (QED) is 0.705. The molecule has 0 aromatic heterocycles. The lowest BCUT2D eigenvalue weighted by Gasteiger charge is -1.97. The van der Waals surface area contributed by atoms with Gasteiger partial charge in [0.1, 0.15) is 0 Å². The van der Waals surface area contributed by atoms with Crippen molar-refractivity contribution in [3.05, 3.63) is 73.2 Å². The fourth-order valence-electron chi connectivity index (χ4n) is 1.46. The van der Waals surface area contributed by atoms with Crippen molar-refractivity contribution in [1.29, 1.82) is 0 Å². The van der Waals surface area contributed by atoms with E-state index in [9.17, 15) is 8.42 Å². The minimum atomic E-state index is -3.30. The zero-order valence-corrected chi connectivity index (χ0v) is 13.4. The van der Waals surface area contributed by atoms with Gasteiger partial charge in [-0.15, -0.1) is 0 Å². The van der Waals surface area contributed by atoms with Gasteiger partial charge in [-0.25, -0.2) is 8.42 Å². The van der Waals surface area contributed by atoms with E-state index < -0.39 is 31.0 Å². The summed E-state index contributed by atoms with van der Waals surface area (Å²) in [4.78, 5) is 0.353. The second-order valence-corrected chi connectivity index (χ2v) is 8.45. The van der Waals surface area contributed by atoms with E-state index in [1.807, 2.05) is 49.4 Å². The van der Waals surface area contributed by atoms with Gasteiger partial charge in [-0.2, -0.15) is 0 Å². The van der Waals surface area contributed by atoms with Gasteiger partial charge in [0.15, 0.2) is 7.65 Å². The van der Waals surface area contributed by atoms with Crippen LogP contribution in [-0.2, 0) is 9.84 Å². The molecule has 2 aromatic carbocycles. The summed E-state index contributed by atoms with van der Waals surface area (Å²) in [6, 6.07) is 16.9. The van der Waals surface area contributed by atoms with Crippen LogP contribution in [0.15, 0.2) is 69.0 Å². The Bertz CT molecular complexity index is 659. The van der Waals surface area contributed by atoms with Gasteiger partial charge in [-0.05, 0) is 31.2 Å². The highest BCUT2D eigenvalue weighted by Gasteiger charge is 2.13. The standard InChI is InChI=1S/C15H14IO2S/c1-13-7-9-15(10-8-13)19(17,18)12-11-16-14-5-3-2-4-6-14/h2-12H,1H3/q+1/b12-11-. The van der Waals surface area contributed by atoms with Crippen molar-refractivity contribution < 1.29 is 29.6 Å². The summed E-state index contributed by atoms with van der Waals surface area (Å²) in [6.45, 7) is 1.94. The molecule has 0 radical (unpaired) electrons. The van der Waals surface area contributed by atoms with E-state index in [1.54, 1.807) is 16.2 Å². The number of sulfone groups is 1. The van der Waals surface area contributed by atoms with Crippen molar-refractivity contribution in [2.75, 3.05) is 0 Å². The number of rotatable bonds is 4. The van der Waals surface area contributed by atoms with Gasteiger partial charge >= 0.3 is 21.2 Å². The third-order valence-corrected chi connectivity index (χ3v) is 6.57. The first kappa shape index (κ1) is 14.3. The number of hydrogen-bond donors (Lipinski definition) is 0. The van der Waals surface area contributed by atoms with Crippen molar-refractivity contribution >= 4 is 9.84 Å². The molecule has 0 aliphatic carbocycles. The Morgan fingerprint density at radius 1 is 0.947 bits per heavy atom. The van der Waals surface area contributed by atoms with E-state index in [2.05, 4.69) is 0 Å². The van der Waals surface area contributed by atoms with Crippen molar-refractivity contribution in [1.82, 2.24) is 0 Å². The first-order valence-corrected chi connectivity index (χ1v) is 9.62. The Morgan fingerprint density at radius 3 is 2.21 bits per heavy atom. The van der Waals surface area contributed by atoms with Crippen molar-refractivity contribution in [3.63, 3.8) is 0 Å². The maximum Gasteiger partial charge on any atom is 0.350 e. The van der Waals surface area contributed by atoms with Crippen LogP contribution in [0.25, 0.3) is 0 Å². The molecule has 98 valence electrons. The molecular weight excluding hydrogens is 371 g/mol. The van der Waals surface area contributed by atoms with Crippen LogP contribution in [0.1, 0.15) is 5.56 Å². The molecule has 0 aliphatic rings. The highest BCUT2D eigenvalue weighted by Crippen LogP contribution is 2.12. The van der Waals surface area contributed by atoms with E-state index >= 15 is 0 Å². The first-order chi connectivity index (χ1) is 9.08. The van der Waals surface area contributed by atoms with Crippen LogP contribution in [0, 0.1) is 10.5 Å². The predicted octanol–water partition coefficient (Wildman–Crippen LogP) is 0.199. The second kappa shape index (κ2) is 6.34. The second-order valence-electron chi connectivity index (χ2n) is 4.02. The molecule has 0 N–H and O–H groups in total. The summed E-state index contributed by atoms with van der Waals surface area (Å²) in [5, 5.41) is 1.33. The molecule has 0 amide bonds. The molecule has 0 atom stereocenters. The van der Waals surface area contributed by atoms with E-state index in [4.69, 9.17) is 0 Å². The van der Waals surface area contributed by atoms with Crippen molar-refractivity contribution in [2.45, 2.75) is 11.8 Å². The van der Waals surface area contributed by atoms with Gasteiger partial charge in [0.25, 0.3) is 0 Å². The number of benzene rings is 2. The van der Waals surface area contributed by atoms with Crippen LogP contribution in [-0.4, -0.2) is 8.42 Å². The van der Waals surface area contributed by atoms with E-state index in [0.29, 0.717) is 4.90 Å². The molecule has 0 saturated carbocycles. The van der Waals surface area contributed by atoms with E-state index in [0.717, 1.165) is 5.56 Å². The zero-order chi connectivity index (χ0) is 13.7. The molecular formula is C15H14IO2S+. The van der Waals surface area contributed by atoms with E-state index in [-0.39, 0.29) is 0 Å². The third-order valence-electron chi connectivity index (χ3n) is 2.50. The molecule has 19 heavy (non-hydrogen) atoms. The lowest BCUT2D eigenvalue weighted by molar-refractivity contribution is -0.556. The third kappa shape index (κ3) is 4.18. The smallest absolute Gasteiger partial charge is 0.219 e. The lowest BCUT2D eigenvalue weighted by Crippen LogP contribution is -3.59. The maximum absolute atomic E-state index is 12.1. The van der Waals surface area contributed by atoms with Gasteiger partial charge in [0.05, 0.1) is 10.3 Å². The summed E-state index contributed by atoms with van der Waals surface area (Å²) < 4.78 is 27.1. The molecule has 0 unspecified atom stereocenters. The molecule has 0 fully saturated rings. The van der Waals surface area contributed by atoms with Gasteiger partial charge in [-0.3, -0.25) is 0 Å². The SMILES string of the molecule is Cc1ccc(S(=O)(=O)/C=C\[I+]c2ccccc2)cc1. The largest absolute Gasteiger partial charge is 0.350 e. The molecule has 0 heterocycles. The minimum Gasteiger partial charge on any atom is -0.219 e. The normalized spacial score (nSPS) is 11.8. The topological polar surface area (TPSA) is 34.1 Å². The summed E-state index contributed by atoms with van der Waals surface area (Å²) in [7, 11) is -3.30. The molecule has 2 nitrogen and oxygen atoms in total. The summed E-state index contributed by atoms with van der Waals surface area (Å²) in [5.41, 5.74) is 1.06. The molecule has 2 aromatic rings. The molecule has 2 rings (SSSR count). The Kier molecular flexibility index (Phi) is 4.76. The average Bonchev–Trinajstić information content (AvgIpc) is 2.40. The van der Waals surface area contributed by atoms with Crippen LogP contribution in [0.3, 0.4) is 0 Å². The van der Waals surface area contributed by atoms with Crippen LogP contribution in [0.2, 0.25) is 0 Å². The average molecular weight is 385 g/mol. The maximum atomic E-state index is 12.1. The predicted molar refractivity (Wildman–Crippen MR) is 72.6 cm³/mol. The van der Waals surface area contributed by atoms with Crippen LogP contribution in [0.4, 0.5) is 0 Å². The number of hydrogen-bond acceptors (Lipinski definition) is 2. The van der Waals surface area contributed by atoms with Gasteiger partial charge in [0.2, 0.25) is 9.84 Å². The Morgan fingerprint density at radius 2 is 1.58 bits per heavy atom. The highest BCUT2D eigenvalue weighted by atomic mass is 127. The van der Waals surface area contributed by atoms with Crippen LogP contribution >= 0.6 is 0 Å². The van der Waals surface area contributed by atoms with E-state index in [1.165, 1.54) is 8.98 Å². The molecule has 0 aliphatic heterocycles. The van der Waals surface area contributed by atoms with Crippen molar-refractivity contribution in [3.8, 4) is 0 Å². The van der Waals surface area contributed by atoms with Gasteiger partial charge < -0.3 is 0 Å². The Balaban J connectivity index is 2.11. The fraction of sp³-hybridized carbons (Fsp3) is 0.0667. The molecule has 4 heteroatoms. The van der Waals surface area contributed by atoms with Crippen LogP contribution < -0.4 is 21.2 Å². The van der Waals surface area contributed by atoms with Crippen molar-refractivity contribution in [2.24, 2.45) is 0 Å². The molecule has 0 bridgehead atoms. The number of aryl methyl sites for hydroxylation is 1.